The Morgan fingerprint density at radius 3 is 2.75 bits per heavy atom. The van der Waals surface area contributed by atoms with E-state index in [1.54, 1.807) is 29.0 Å². The van der Waals surface area contributed by atoms with Crippen molar-refractivity contribution >= 4 is 29.2 Å². The molecule has 2 aliphatic rings. The van der Waals surface area contributed by atoms with E-state index in [2.05, 4.69) is 0 Å². The molecule has 2 aromatic rings. The summed E-state index contributed by atoms with van der Waals surface area (Å²) in [6.07, 6.45) is 0.793. The monoisotopic (exact) mass is 399 g/mol. The molecule has 0 saturated carbocycles. The molecule has 146 valence electrons. The Hall–Kier alpha value is -2.73. The third-order valence-electron chi connectivity index (χ3n) is 5.32. The number of rotatable bonds is 4. The summed E-state index contributed by atoms with van der Waals surface area (Å²) in [7, 11) is 1.65. The highest BCUT2D eigenvalue weighted by molar-refractivity contribution is 6.30. The summed E-state index contributed by atoms with van der Waals surface area (Å²) in [5.74, 6) is 0.810. The highest BCUT2D eigenvalue weighted by Crippen LogP contribution is 2.25. The number of carbonyl (C=O) groups is 2. The normalized spacial score (nSPS) is 16.4. The number of hydrogen-bond donors (Lipinski definition) is 0. The van der Waals surface area contributed by atoms with Gasteiger partial charge in [-0.1, -0.05) is 23.7 Å². The van der Waals surface area contributed by atoms with Crippen LogP contribution in [-0.4, -0.2) is 55.0 Å². The number of anilines is 1. The molecule has 0 spiro atoms. The molecular weight excluding hydrogens is 378 g/mol. The van der Waals surface area contributed by atoms with E-state index in [0.29, 0.717) is 31.2 Å². The minimum Gasteiger partial charge on any atom is -0.497 e. The molecule has 6 nitrogen and oxygen atoms in total. The first-order valence-electron chi connectivity index (χ1n) is 9.31. The van der Waals surface area contributed by atoms with Crippen LogP contribution in [-0.2, 0) is 17.8 Å². The minimum atomic E-state index is -0.155. The lowest BCUT2D eigenvalue weighted by atomic mass is 9.99. The maximum Gasteiger partial charge on any atom is 0.325 e. The summed E-state index contributed by atoms with van der Waals surface area (Å²) in [4.78, 5) is 30.6. The number of halogens is 1. The molecule has 1 saturated heterocycles. The fourth-order valence-electron chi connectivity index (χ4n) is 3.75. The van der Waals surface area contributed by atoms with Gasteiger partial charge in [0.25, 0.3) is 0 Å². The number of urea groups is 1. The van der Waals surface area contributed by atoms with E-state index in [1.807, 2.05) is 35.2 Å². The second-order valence-corrected chi connectivity index (χ2v) is 7.47. The first-order chi connectivity index (χ1) is 13.5. The Morgan fingerprint density at radius 2 is 1.96 bits per heavy atom. The van der Waals surface area contributed by atoms with E-state index in [4.69, 9.17) is 16.3 Å². The quantitative estimate of drug-likeness (QED) is 0.793. The molecule has 2 heterocycles. The van der Waals surface area contributed by atoms with Crippen LogP contribution in [0.4, 0.5) is 10.5 Å². The van der Waals surface area contributed by atoms with Crippen LogP contribution in [0.5, 0.6) is 5.75 Å². The molecule has 4 rings (SSSR count). The molecule has 0 radical (unpaired) electrons. The van der Waals surface area contributed by atoms with Gasteiger partial charge in [0, 0.05) is 36.9 Å². The lowest BCUT2D eigenvalue weighted by Crippen LogP contribution is -2.44. The molecule has 0 bridgehead atoms. The average Bonchev–Trinajstić information content (AvgIpc) is 3.07. The van der Waals surface area contributed by atoms with Gasteiger partial charge in [0.05, 0.1) is 7.11 Å². The summed E-state index contributed by atoms with van der Waals surface area (Å²) < 4.78 is 5.27. The van der Waals surface area contributed by atoms with Crippen molar-refractivity contribution in [3.05, 3.63) is 58.6 Å². The first kappa shape index (κ1) is 18.6. The third-order valence-corrected chi connectivity index (χ3v) is 5.55. The van der Waals surface area contributed by atoms with E-state index in [9.17, 15) is 9.59 Å². The van der Waals surface area contributed by atoms with Crippen LogP contribution in [0.3, 0.4) is 0 Å². The molecule has 3 amide bonds. The number of ether oxygens (including phenoxy) is 1. The van der Waals surface area contributed by atoms with Gasteiger partial charge in [-0.2, -0.15) is 0 Å². The van der Waals surface area contributed by atoms with Gasteiger partial charge in [0.15, 0.2) is 0 Å². The number of amides is 3. The van der Waals surface area contributed by atoms with Crippen LogP contribution >= 0.6 is 11.6 Å². The molecule has 0 unspecified atom stereocenters. The van der Waals surface area contributed by atoms with Gasteiger partial charge in [-0.15, -0.1) is 0 Å². The number of carbonyl (C=O) groups excluding carboxylic acids is 2. The highest BCUT2D eigenvalue weighted by atomic mass is 35.5. The van der Waals surface area contributed by atoms with E-state index in [1.165, 1.54) is 5.56 Å². The highest BCUT2D eigenvalue weighted by Gasteiger charge is 2.32. The third kappa shape index (κ3) is 3.64. The van der Waals surface area contributed by atoms with Crippen molar-refractivity contribution in [3.63, 3.8) is 0 Å². The molecule has 28 heavy (non-hydrogen) atoms. The van der Waals surface area contributed by atoms with Crippen molar-refractivity contribution in [2.24, 2.45) is 0 Å². The zero-order chi connectivity index (χ0) is 19.7. The van der Waals surface area contributed by atoms with E-state index in [0.717, 1.165) is 23.4 Å². The van der Waals surface area contributed by atoms with Crippen molar-refractivity contribution < 1.29 is 14.3 Å². The Balaban J connectivity index is 1.39. The maximum absolute atomic E-state index is 12.8. The molecule has 0 aromatic heterocycles. The summed E-state index contributed by atoms with van der Waals surface area (Å²) in [6, 6.07) is 13.0. The first-order valence-corrected chi connectivity index (χ1v) is 9.68. The minimum absolute atomic E-state index is 0.0252. The number of methoxy groups -OCH3 is 1. The van der Waals surface area contributed by atoms with E-state index >= 15 is 0 Å². The Bertz CT molecular complexity index is 918. The Labute approximate surface area is 169 Å². The number of fused-ring (bicyclic) bond motifs is 1. The van der Waals surface area contributed by atoms with Gasteiger partial charge >= 0.3 is 6.03 Å². The van der Waals surface area contributed by atoms with Gasteiger partial charge in [-0.25, -0.2) is 4.79 Å². The van der Waals surface area contributed by atoms with Crippen LogP contribution in [0, 0.1) is 0 Å². The van der Waals surface area contributed by atoms with Gasteiger partial charge < -0.3 is 14.5 Å². The number of hydrogen-bond acceptors (Lipinski definition) is 3. The Kier molecular flexibility index (Phi) is 5.13. The zero-order valence-corrected chi connectivity index (χ0v) is 16.5. The van der Waals surface area contributed by atoms with Gasteiger partial charge in [-0.3, -0.25) is 9.69 Å². The molecule has 0 atom stereocenters. The summed E-state index contributed by atoms with van der Waals surface area (Å²) in [5, 5.41) is 0.587. The Morgan fingerprint density at radius 1 is 1.11 bits per heavy atom. The van der Waals surface area contributed by atoms with Crippen molar-refractivity contribution in [2.75, 3.05) is 38.2 Å². The predicted octanol–water partition coefficient (Wildman–Crippen LogP) is 3.18. The average molecular weight is 400 g/mol. The molecule has 7 heteroatoms. The van der Waals surface area contributed by atoms with Crippen LogP contribution < -0.4 is 9.64 Å². The smallest absolute Gasteiger partial charge is 0.325 e. The van der Waals surface area contributed by atoms with Gasteiger partial charge in [0.2, 0.25) is 5.91 Å². The second-order valence-electron chi connectivity index (χ2n) is 7.04. The molecule has 2 aromatic carbocycles. The van der Waals surface area contributed by atoms with Crippen molar-refractivity contribution in [1.29, 1.82) is 0 Å². The van der Waals surface area contributed by atoms with Gasteiger partial charge in [0.1, 0.15) is 12.3 Å². The molecule has 0 N–H and O–H groups in total. The molecular formula is C21H22ClN3O3. The second kappa shape index (κ2) is 7.72. The van der Waals surface area contributed by atoms with Crippen molar-refractivity contribution in [2.45, 2.75) is 13.0 Å². The number of benzene rings is 2. The molecule has 1 fully saturated rings. The summed E-state index contributed by atoms with van der Waals surface area (Å²) in [5.41, 5.74) is 3.11. The maximum atomic E-state index is 12.8. The summed E-state index contributed by atoms with van der Waals surface area (Å²) in [6.45, 7) is 2.40. The lowest BCUT2D eigenvalue weighted by Gasteiger charge is -2.30. The standard InChI is InChI=1S/C21H22ClN3O3/c1-28-19-6-5-16-13-23(8-7-15(16)11-19)20(26)14-24-9-10-25(21(24)27)18-4-2-3-17(22)12-18/h2-6,11-12H,7-10,13-14H2,1H3. The topological polar surface area (TPSA) is 53.1 Å². The van der Waals surface area contributed by atoms with Crippen LogP contribution in [0.25, 0.3) is 0 Å². The largest absolute Gasteiger partial charge is 0.497 e. The van der Waals surface area contributed by atoms with Crippen molar-refractivity contribution in [1.82, 2.24) is 9.80 Å². The SMILES string of the molecule is COc1ccc2c(c1)CCN(C(=O)CN1CCN(c3cccc(Cl)c3)C1=O)C2. The molecule has 0 aliphatic carbocycles. The predicted molar refractivity (Wildman–Crippen MR) is 108 cm³/mol. The van der Waals surface area contributed by atoms with Crippen LogP contribution in [0.1, 0.15) is 11.1 Å². The van der Waals surface area contributed by atoms with Crippen LogP contribution in [0.15, 0.2) is 42.5 Å². The number of nitrogens with zero attached hydrogens (tertiary/aromatic N) is 3. The zero-order valence-electron chi connectivity index (χ0n) is 15.7. The van der Waals surface area contributed by atoms with E-state index < -0.39 is 0 Å². The van der Waals surface area contributed by atoms with E-state index in [-0.39, 0.29) is 18.5 Å². The lowest BCUT2D eigenvalue weighted by molar-refractivity contribution is -0.132. The van der Waals surface area contributed by atoms with Gasteiger partial charge in [-0.05, 0) is 47.9 Å². The molecule has 2 aliphatic heterocycles. The van der Waals surface area contributed by atoms with Crippen molar-refractivity contribution in [3.8, 4) is 5.75 Å². The van der Waals surface area contributed by atoms with Crippen LogP contribution in [0.2, 0.25) is 5.02 Å². The fourth-order valence-corrected chi connectivity index (χ4v) is 3.93. The fraction of sp³-hybridized carbons (Fsp3) is 0.333. The summed E-state index contributed by atoms with van der Waals surface area (Å²) >= 11 is 6.03.